The number of aliphatic hydroxyl groups excluding tert-OH is 1. The molecule has 0 aliphatic carbocycles. The maximum atomic E-state index is 9.60. The predicted octanol–water partition coefficient (Wildman–Crippen LogP) is 1.44. The third-order valence-corrected chi connectivity index (χ3v) is 5.71. The zero-order chi connectivity index (χ0) is 14.7. The Kier molecular flexibility index (Phi) is 5.20. The van der Waals surface area contributed by atoms with Gasteiger partial charge in [0.25, 0.3) is 0 Å². The van der Waals surface area contributed by atoms with Crippen LogP contribution < -0.4 is 0 Å². The Morgan fingerprint density at radius 2 is 1.86 bits per heavy atom. The molecule has 0 radical (unpaired) electrons. The number of nitrogens with zero attached hydrogens (tertiary/aromatic N) is 2. The molecule has 3 aliphatic rings. The van der Waals surface area contributed by atoms with E-state index in [0.717, 1.165) is 31.6 Å². The number of likely N-dealkylation sites (tertiary alicyclic amines) is 2. The number of piperidine rings is 2. The summed E-state index contributed by atoms with van der Waals surface area (Å²) < 4.78 is 5.33. The summed E-state index contributed by atoms with van der Waals surface area (Å²) >= 11 is 0. The van der Waals surface area contributed by atoms with E-state index in [1.807, 2.05) is 0 Å². The standard InChI is InChI=1S/C17H32N2O2/c1-15-4-7-18(8-5-15)9-16-3-2-6-19(10-16)11-17(12-20)13-21-14-17/h15-16,20H,2-14H2,1H3. The Balaban J connectivity index is 1.44. The first kappa shape index (κ1) is 15.7. The fourth-order valence-electron chi connectivity index (χ4n) is 4.15. The molecule has 3 aliphatic heterocycles. The van der Waals surface area contributed by atoms with Gasteiger partial charge in [-0.05, 0) is 57.2 Å². The van der Waals surface area contributed by atoms with Crippen molar-refractivity contribution in [3.8, 4) is 0 Å². The number of hydrogen-bond acceptors (Lipinski definition) is 4. The van der Waals surface area contributed by atoms with E-state index in [0.29, 0.717) is 0 Å². The van der Waals surface area contributed by atoms with E-state index in [4.69, 9.17) is 4.74 Å². The van der Waals surface area contributed by atoms with Gasteiger partial charge in [-0.3, -0.25) is 0 Å². The van der Waals surface area contributed by atoms with Crippen LogP contribution in [0.2, 0.25) is 0 Å². The number of ether oxygens (including phenoxy) is 1. The van der Waals surface area contributed by atoms with E-state index >= 15 is 0 Å². The predicted molar refractivity (Wildman–Crippen MR) is 84.3 cm³/mol. The van der Waals surface area contributed by atoms with Gasteiger partial charge in [0.1, 0.15) is 0 Å². The zero-order valence-electron chi connectivity index (χ0n) is 13.6. The topological polar surface area (TPSA) is 35.9 Å². The lowest BCUT2D eigenvalue weighted by Gasteiger charge is -2.45. The molecule has 122 valence electrons. The molecule has 3 fully saturated rings. The molecule has 21 heavy (non-hydrogen) atoms. The minimum Gasteiger partial charge on any atom is -0.396 e. The van der Waals surface area contributed by atoms with Crippen LogP contribution >= 0.6 is 0 Å². The Morgan fingerprint density at radius 1 is 1.10 bits per heavy atom. The highest BCUT2D eigenvalue weighted by molar-refractivity contribution is 4.90. The second kappa shape index (κ2) is 6.95. The third kappa shape index (κ3) is 3.98. The van der Waals surface area contributed by atoms with Gasteiger partial charge in [0.2, 0.25) is 0 Å². The van der Waals surface area contributed by atoms with Gasteiger partial charge in [-0.15, -0.1) is 0 Å². The Morgan fingerprint density at radius 3 is 2.48 bits per heavy atom. The normalized spacial score (nSPS) is 32.0. The van der Waals surface area contributed by atoms with Gasteiger partial charge in [0.15, 0.2) is 0 Å². The van der Waals surface area contributed by atoms with E-state index in [-0.39, 0.29) is 12.0 Å². The quantitative estimate of drug-likeness (QED) is 0.833. The molecule has 0 aromatic carbocycles. The summed E-state index contributed by atoms with van der Waals surface area (Å²) in [6, 6.07) is 0. The van der Waals surface area contributed by atoms with Crippen molar-refractivity contribution in [2.75, 3.05) is 59.1 Å². The van der Waals surface area contributed by atoms with Crippen LogP contribution in [0, 0.1) is 17.3 Å². The maximum absolute atomic E-state index is 9.60. The van der Waals surface area contributed by atoms with Gasteiger partial charge >= 0.3 is 0 Å². The maximum Gasteiger partial charge on any atom is 0.0579 e. The lowest BCUT2D eigenvalue weighted by Crippen LogP contribution is -2.55. The van der Waals surface area contributed by atoms with E-state index in [1.165, 1.54) is 58.4 Å². The van der Waals surface area contributed by atoms with Crippen molar-refractivity contribution in [2.45, 2.75) is 32.6 Å². The van der Waals surface area contributed by atoms with Crippen LogP contribution in [0.5, 0.6) is 0 Å². The molecule has 1 N–H and O–H groups in total. The highest BCUT2D eigenvalue weighted by Gasteiger charge is 2.40. The van der Waals surface area contributed by atoms with Crippen molar-refractivity contribution in [1.82, 2.24) is 9.80 Å². The second-order valence-corrected chi connectivity index (χ2v) is 7.88. The highest BCUT2D eigenvalue weighted by atomic mass is 16.5. The molecule has 1 atom stereocenters. The molecule has 0 bridgehead atoms. The first-order valence-electron chi connectivity index (χ1n) is 8.82. The van der Waals surface area contributed by atoms with Crippen molar-refractivity contribution in [1.29, 1.82) is 0 Å². The van der Waals surface area contributed by atoms with Gasteiger partial charge in [0.05, 0.1) is 25.2 Å². The zero-order valence-corrected chi connectivity index (χ0v) is 13.6. The minimum absolute atomic E-state index is 0.0441. The van der Waals surface area contributed by atoms with Gasteiger partial charge in [-0.2, -0.15) is 0 Å². The summed E-state index contributed by atoms with van der Waals surface area (Å²) in [7, 11) is 0. The minimum atomic E-state index is 0.0441. The molecule has 1 unspecified atom stereocenters. The smallest absolute Gasteiger partial charge is 0.0579 e. The van der Waals surface area contributed by atoms with Crippen molar-refractivity contribution >= 4 is 0 Å². The molecule has 4 heteroatoms. The van der Waals surface area contributed by atoms with Crippen LogP contribution in [0.25, 0.3) is 0 Å². The van der Waals surface area contributed by atoms with Crippen LogP contribution in [-0.4, -0.2) is 74.0 Å². The summed E-state index contributed by atoms with van der Waals surface area (Å²) in [4.78, 5) is 5.27. The first-order chi connectivity index (χ1) is 10.2. The lowest BCUT2D eigenvalue weighted by atomic mass is 9.85. The van der Waals surface area contributed by atoms with Crippen LogP contribution in [0.4, 0.5) is 0 Å². The summed E-state index contributed by atoms with van der Waals surface area (Å²) in [6.45, 7) is 11.5. The molecule has 0 spiro atoms. The largest absolute Gasteiger partial charge is 0.396 e. The number of hydrogen-bond donors (Lipinski definition) is 1. The Labute approximate surface area is 129 Å². The molecule has 3 saturated heterocycles. The van der Waals surface area contributed by atoms with Gasteiger partial charge in [-0.25, -0.2) is 0 Å². The average molecular weight is 296 g/mol. The molecule has 4 nitrogen and oxygen atoms in total. The Hall–Kier alpha value is -0.160. The lowest BCUT2D eigenvalue weighted by molar-refractivity contribution is -0.150. The van der Waals surface area contributed by atoms with Crippen LogP contribution in [-0.2, 0) is 4.74 Å². The van der Waals surface area contributed by atoms with Crippen LogP contribution in [0.3, 0.4) is 0 Å². The monoisotopic (exact) mass is 296 g/mol. The molecule has 0 aromatic heterocycles. The third-order valence-electron chi connectivity index (χ3n) is 5.71. The van der Waals surface area contributed by atoms with E-state index in [1.54, 1.807) is 0 Å². The van der Waals surface area contributed by atoms with E-state index < -0.39 is 0 Å². The first-order valence-corrected chi connectivity index (χ1v) is 8.82. The van der Waals surface area contributed by atoms with Crippen molar-refractivity contribution in [2.24, 2.45) is 17.3 Å². The summed E-state index contributed by atoms with van der Waals surface area (Å²) in [5.74, 6) is 1.75. The van der Waals surface area contributed by atoms with Gasteiger partial charge < -0.3 is 19.6 Å². The molecule has 0 amide bonds. The average Bonchev–Trinajstić information content (AvgIpc) is 2.46. The molecule has 0 aromatic rings. The van der Waals surface area contributed by atoms with Gasteiger partial charge in [-0.1, -0.05) is 6.92 Å². The molecule has 0 saturated carbocycles. The summed E-state index contributed by atoms with van der Waals surface area (Å²) in [5, 5.41) is 9.60. The number of rotatable bonds is 5. The summed E-state index contributed by atoms with van der Waals surface area (Å²) in [5.41, 5.74) is 0.0441. The SMILES string of the molecule is CC1CCN(CC2CCCN(CC3(CO)COC3)C2)CC1. The van der Waals surface area contributed by atoms with E-state index in [2.05, 4.69) is 16.7 Å². The second-order valence-electron chi connectivity index (χ2n) is 7.88. The van der Waals surface area contributed by atoms with Crippen molar-refractivity contribution in [3.63, 3.8) is 0 Å². The molecular weight excluding hydrogens is 264 g/mol. The van der Waals surface area contributed by atoms with Crippen molar-refractivity contribution in [3.05, 3.63) is 0 Å². The van der Waals surface area contributed by atoms with Crippen molar-refractivity contribution < 1.29 is 9.84 Å². The molecular formula is C17H32N2O2. The summed E-state index contributed by atoms with van der Waals surface area (Å²) in [6.07, 6.45) is 5.45. The van der Waals surface area contributed by atoms with Crippen LogP contribution in [0.15, 0.2) is 0 Å². The van der Waals surface area contributed by atoms with Gasteiger partial charge in [0, 0.05) is 19.6 Å². The Bertz CT molecular complexity index is 319. The van der Waals surface area contributed by atoms with E-state index in [9.17, 15) is 5.11 Å². The fourth-order valence-corrected chi connectivity index (χ4v) is 4.15. The fraction of sp³-hybridized carbons (Fsp3) is 1.00. The molecule has 3 rings (SSSR count). The van der Waals surface area contributed by atoms with Crippen LogP contribution in [0.1, 0.15) is 32.6 Å². The molecule has 3 heterocycles. The number of aliphatic hydroxyl groups is 1. The highest BCUT2D eigenvalue weighted by Crippen LogP contribution is 2.30.